The first-order valence-corrected chi connectivity index (χ1v) is 7.27. The summed E-state index contributed by atoms with van der Waals surface area (Å²) in [7, 11) is 0. The summed E-state index contributed by atoms with van der Waals surface area (Å²) in [5, 5.41) is 6.64. The van der Waals surface area contributed by atoms with E-state index in [9.17, 15) is 9.18 Å². The molecule has 22 heavy (non-hydrogen) atoms. The number of aryl methyl sites for hydroxylation is 1. The van der Waals surface area contributed by atoms with E-state index in [1.54, 1.807) is 36.2 Å². The third-order valence-electron chi connectivity index (χ3n) is 3.87. The SMILES string of the molecule is Cc1cc(C2CN(C(=O)Cc3ccn[nH]3)CCO2)ccc1F. The number of amides is 1. The van der Waals surface area contributed by atoms with Crippen molar-refractivity contribution in [2.75, 3.05) is 19.7 Å². The van der Waals surface area contributed by atoms with Crippen LogP contribution in [0.4, 0.5) is 4.39 Å². The van der Waals surface area contributed by atoms with Gasteiger partial charge in [-0.3, -0.25) is 9.89 Å². The summed E-state index contributed by atoms with van der Waals surface area (Å²) >= 11 is 0. The highest BCUT2D eigenvalue weighted by molar-refractivity contribution is 5.78. The number of halogens is 1. The topological polar surface area (TPSA) is 58.2 Å². The van der Waals surface area contributed by atoms with Gasteiger partial charge in [0.25, 0.3) is 0 Å². The number of H-pyrrole nitrogens is 1. The van der Waals surface area contributed by atoms with E-state index in [0.717, 1.165) is 11.3 Å². The molecule has 1 unspecified atom stereocenters. The van der Waals surface area contributed by atoms with Crippen molar-refractivity contribution in [1.29, 1.82) is 0 Å². The number of hydrogen-bond acceptors (Lipinski definition) is 3. The van der Waals surface area contributed by atoms with E-state index < -0.39 is 0 Å². The van der Waals surface area contributed by atoms with Gasteiger partial charge in [0, 0.05) is 18.4 Å². The fourth-order valence-corrected chi connectivity index (χ4v) is 2.60. The maximum Gasteiger partial charge on any atom is 0.228 e. The average molecular weight is 303 g/mol. The number of carbonyl (C=O) groups excluding carboxylic acids is 1. The first-order valence-electron chi connectivity index (χ1n) is 7.27. The molecule has 0 spiro atoms. The van der Waals surface area contributed by atoms with Gasteiger partial charge in [0.05, 0.1) is 19.6 Å². The lowest BCUT2D eigenvalue weighted by molar-refractivity contribution is -0.138. The zero-order chi connectivity index (χ0) is 15.5. The molecule has 116 valence electrons. The van der Waals surface area contributed by atoms with Crippen LogP contribution in [0.5, 0.6) is 0 Å². The largest absolute Gasteiger partial charge is 0.370 e. The quantitative estimate of drug-likeness (QED) is 0.943. The number of benzene rings is 1. The molecule has 1 aromatic heterocycles. The van der Waals surface area contributed by atoms with Gasteiger partial charge in [-0.2, -0.15) is 5.10 Å². The molecule has 1 aliphatic rings. The Morgan fingerprint density at radius 3 is 3.09 bits per heavy atom. The van der Waals surface area contributed by atoms with E-state index in [1.807, 2.05) is 0 Å². The van der Waals surface area contributed by atoms with E-state index >= 15 is 0 Å². The summed E-state index contributed by atoms with van der Waals surface area (Å²) in [6.07, 6.45) is 1.72. The number of carbonyl (C=O) groups is 1. The minimum Gasteiger partial charge on any atom is -0.370 e. The predicted octanol–water partition coefficient (Wildman–Crippen LogP) is 2.00. The normalized spacial score (nSPS) is 18.5. The summed E-state index contributed by atoms with van der Waals surface area (Å²) in [6.45, 7) is 3.26. The summed E-state index contributed by atoms with van der Waals surface area (Å²) in [5.74, 6) is -0.192. The molecule has 1 saturated heterocycles. The van der Waals surface area contributed by atoms with Gasteiger partial charge in [-0.1, -0.05) is 12.1 Å². The van der Waals surface area contributed by atoms with E-state index in [0.29, 0.717) is 31.7 Å². The number of nitrogens with zero attached hydrogens (tertiary/aromatic N) is 2. The molecule has 3 rings (SSSR count). The van der Waals surface area contributed by atoms with Crippen molar-refractivity contribution in [3.63, 3.8) is 0 Å². The summed E-state index contributed by atoms with van der Waals surface area (Å²) in [6, 6.07) is 6.73. The van der Waals surface area contributed by atoms with Gasteiger partial charge in [-0.15, -0.1) is 0 Å². The summed E-state index contributed by atoms with van der Waals surface area (Å²) in [4.78, 5) is 14.1. The zero-order valence-electron chi connectivity index (χ0n) is 12.4. The Balaban J connectivity index is 1.68. The fourth-order valence-electron chi connectivity index (χ4n) is 2.60. The molecule has 6 heteroatoms. The van der Waals surface area contributed by atoms with Crippen LogP contribution in [-0.2, 0) is 16.0 Å². The van der Waals surface area contributed by atoms with Crippen molar-refractivity contribution < 1.29 is 13.9 Å². The Hall–Kier alpha value is -2.21. The number of rotatable bonds is 3. The number of aromatic amines is 1. The van der Waals surface area contributed by atoms with E-state index in [1.165, 1.54) is 6.07 Å². The second-order valence-electron chi connectivity index (χ2n) is 5.47. The van der Waals surface area contributed by atoms with Crippen molar-refractivity contribution in [3.8, 4) is 0 Å². The van der Waals surface area contributed by atoms with Crippen molar-refractivity contribution in [3.05, 3.63) is 53.1 Å². The second kappa shape index (κ2) is 6.27. The summed E-state index contributed by atoms with van der Waals surface area (Å²) < 4.78 is 19.1. The molecule has 0 saturated carbocycles. The van der Waals surface area contributed by atoms with Crippen LogP contribution in [0.2, 0.25) is 0 Å². The molecule has 2 aromatic rings. The van der Waals surface area contributed by atoms with Crippen LogP contribution in [0.3, 0.4) is 0 Å². The molecule has 1 atom stereocenters. The number of hydrogen-bond donors (Lipinski definition) is 1. The van der Waals surface area contributed by atoms with E-state index in [-0.39, 0.29) is 17.8 Å². The first-order chi connectivity index (χ1) is 10.6. The Labute approximate surface area is 128 Å². The standard InChI is InChI=1S/C16H18FN3O2/c1-11-8-12(2-3-14(11)17)15-10-20(6-7-22-15)16(21)9-13-4-5-18-19-13/h2-5,8,15H,6-7,9-10H2,1H3,(H,18,19). The van der Waals surface area contributed by atoms with Gasteiger partial charge >= 0.3 is 0 Å². The van der Waals surface area contributed by atoms with Gasteiger partial charge in [0.2, 0.25) is 5.91 Å². The monoisotopic (exact) mass is 303 g/mol. The van der Waals surface area contributed by atoms with Crippen molar-refractivity contribution in [1.82, 2.24) is 15.1 Å². The molecule has 5 nitrogen and oxygen atoms in total. The molecule has 0 bridgehead atoms. The number of nitrogens with one attached hydrogen (secondary N) is 1. The van der Waals surface area contributed by atoms with Crippen LogP contribution >= 0.6 is 0 Å². The number of morpholine rings is 1. The van der Waals surface area contributed by atoms with Gasteiger partial charge in [-0.05, 0) is 30.2 Å². The molecule has 1 fully saturated rings. The van der Waals surface area contributed by atoms with Gasteiger partial charge in [0.1, 0.15) is 11.9 Å². The van der Waals surface area contributed by atoms with Crippen LogP contribution in [0.15, 0.2) is 30.5 Å². The highest BCUT2D eigenvalue weighted by Gasteiger charge is 2.25. The van der Waals surface area contributed by atoms with Crippen LogP contribution in [-0.4, -0.2) is 40.7 Å². The zero-order valence-corrected chi connectivity index (χ0v) is 12.4. The van der Waals surface area contributed by atoms with Crippen LogP contribution < -0.4 is 0 Å². The molecule has 1 aliphatic heterocycles. The Morgan fingerprint density at radius 2 is 2.36 bits per heavy atom. The Kier molecular flexibility index (Phi) is 4.20. The third-order valence-corrected chi connectivity index (χ3v) is 3.87. The minimum atomic E-state index is -0.230. The van der Waals surface area contributed by atoms with E-state index in [2.05, 4.69) is 10.2 Å². The highest BCUT2D eigenvalue weighted by atomic mass is 19.1. The minimum absolute atomic E-state index is 0.0383. The van der Waals surface area contributed by atoms with Crippen molar-refractivity contribution >= 4 is 5.91 Å². The highest BCUT2D eigenvalue weighted by Crippen LogP contribution is 2.24. The molecule has 2 heterocycles. The molecule has 0 radical (unpaired) electrons. The Bertz CT molecular complexity index is 657. The second-order valence-corrected chi connectivity index (χ2v) is 5.47. The maximum absolute atomic E-state index is 13.4. The van der Waals surface area contributed by atoms with E-state index in [4.69, 9.17) is 4.74 Å². The molecule has 0 aliphatic carbocycles. The molecule has 1 aromatic carbocycles. The smallest absolute Gasteiger partial charge is 0.228 e. The van der Waals surface area contributed by atoms with Crippen LogP contribution in [0, 0.1) is 12.7 Å². The number of ether oxygens (including phenoxy) is 1. The van der Waals surface area contributed by atoms with Crippen LogP contribution in [0.25, 0.3) is 0 Å². The van der Waals surface area contributed by atoms with Crippen LogP contribution in [0.1, 0.15) is 22.9 Å². The van der Waals surface area contributed by atoms with Gasteiger partial charge in [-0.25, -0.2) is 4.39 Å². The lowest BCUT2D eigenvalue weighted by Gasteiger charge is -2.33. The third kappa shape index (κ3) is 3.17. The molecule has 1 amide bonds. The Morgan fingerprint density at radius 1 is 1.50 bits per heavy atom. The molecular weight excluding hydrogens is 285 g/mol. The lowest BCUT2D eigenvalue weighted by atomic mass is 10.0. The van der Waals surface area contributed by atoms with Crippen molar-refractivity contribution in [2.45, 2.75) is 19.4 Å². The van der Waals surface area contributed by atoms with Gasteiger partial charge in [0.15, 0.2) is 0 Å². The first kappa shape index (κ1) is 14.7. The van der Waals surface area contributed by atoms with Gasteiger partial charge < -0.3 is 9.64 Å². The predicted molar refractivity (Wildman–Crippen MR) is 78.7 cm³/mol. The number of aromatic nitrogens is 2. The summed E-state index contributed by atoms with van der Waals surface area (Å²) in [5.41, 5.74) is 2.28. The average Bonchev–Trinajstić information content (AvgIpc) is 3.03. The molecular formula is C16H18FN3O2. The fraction of sp³-hybridized carbons (Fsp3) is 0.375. The molecule has 1 N–H and O–H groups in total. The lowest BCUT2D eigenvalue weighted by Crippen LogP contribution is -2.43. The maximum atomic E-state index is 13.4. The van der Waals surface area contributed by atoms with Crippen molar-refractivity contribution in [2.24, 2.45) is 0 Å².